The Bertz CT molecular complexity index is 1860. The molecule has 2 N–H and O–H groups in total. The molecule has 3 aromatic rings. The lowest BCUT2D eigenvalue weighted by atomic mass is 9.84. The van der Waals surface area contributed by atoms with Gasteiger partial charge in [0.1, 0.15) is 18.7 Å². The van der Waals surface area contributed by atoms with Crippen LogP contribution in [0.2, 0.25) is 0 Å². The molecule has 1 unspecified atom stereocenters. The first-order chi connectivity index (χ1) is 25.4. The molecule has 53 heavy (non-hydrogen) atoms. The van der Waals surface area contributed by atoms with Gasteiger partial charge in [-0.25, -0.2) is 10.2 Å². The number of hydrogen-bond acceptors (Lipinski definition) is 11. The van der Waals surface area contributed by atoms with Crippen molar-refractivity contribution in [3.63, 3.8) is 0 Å². The number of amides is 2. The van der Waals surface area contributed by atoms with Crippen LogP contribution in [0.25, 0.3) is 22.2 Å². The predicted molar refractivity (Wildman–Crippen MR) is 205 cm³/mol. The number of ether oxygens (including phenoxy) is 4. The third-order valence-electron chi connectivity index (χ3n) is 10.3. The molecule has 13 nitrogen and oxygen atoms in total. The highest BCUT2D eigenvalue weighted by Crippen LogP contribution is 2.42. The number of aryl methyl sites for hydroxylation is 1. The van der Waals surface area contributed by atoms with Crippen LogP contribution >= 0.6 is 11.8 Å². The van der Waals surface area contributed by atoms with Crippen molar-refractivity contribution in [1.82, 2.24) is 25.3 Å². The molecule has 5 atom stereocenters. The Kier molecular flexibility index (Phi) is 12.1. The molecule has 1 fully saturated rings. The molecule has 0 radical (unpaired) electrons. The molecule has 1 aromatic carbocycles. The molecule has 2 aromatic heterocycles. The summed E-state index contributed by atoms with van der Waals surface area (Å²) >= 11 is 1.58. The van der Waals surface area contributed by atoms with Crippen molar-refractivity contribution in [1.29, 1.82) is 0 Å². The Morgan fingerprint density at radius 1 is 1.19 bits per heavy atom. The van der Waals surface area contributed by atoms with Gasteiger partial charge in [-0.15, -0.1) is 11.8 Å². The van der Waals surface area contributed by atoms with E-state index in [0.29, 0.717) is 31.6 Å². The number of aliphatic imine (C=N–C) groups is 1. The molecule has 3 aliphatic rings. The maximum atomic E-state index is 14.0. The first-order valence-corrected chi connectivity index (χ1v) is 19.4. The van der Waals surface area contributed by atoms with Gasteiger partial charge in [-0.05, 0) is 75.4 Å². The van der Waals surface area contributed by atoms with Crippen LogP contribution in [-0.4, -0.2) is 95.5 Å². The highest BCUT2D eigenvalue weighted by atomic mass is 32.2. The fraction of sp³-hybridized carbons (Fsp3) is 0.564. The second kappa shape index (κ2) is 16.6. The molecule has 0 saturated carbocycles. The number of carbonyl (C=O) groups excluding carboxylic acids is 3. The summed E-state index contributed by atoms with van der Waals surface area (Å²) in [6, 6.07) is 8.80. The summed E-state index contributed by atoms with van der Waals surface area (Å²) in [4.78, 5) is 50.4. The number of cyclic esters (lactones) is 1. The second-order valence-electron chi connectivity index (χ2n) is 14.8. The summed E-state index contributed by atoms with van der Waals surface area (Å²) in [5.41, 5.74) is 8.90. The number of thioether (sulfide) groups is 1. The van der Waals surface area contributed by atoms with E-state index in [9.17, 15) is 14.4 Å². The largest absolute Gasteiger partial charge is 0.464 e. The first kappa shape index (κ1) is 38.7. The molecular formula is C39H52N6O7S. The van der Waals surface area contributed by atoms with Crippen LogP contribution in [0.4, 0.5) is 4.79 Å². The van der Waals surface area contributed by atoms with E-state index in [-0.39, 0.29) is 43.8 Å². The number of hydrazine groups is 1. The van der Waals surface area contributed by atoms with Gasteiger partial charge in [0.05, 0.1) is 41.3 Å². The number of nitrogens with one attached hydrogen (secondary N) is 2. The summed E-state index contributed by atoms with van der Waals surface area (Å²) in [7, 11) is 3.23. The van der Waals surface area contributed by atoms with Crippen molar-refractivity contribution in [2.75, 3.05) is 39.7 Å². The number of fused-ring (bicyclic) bond motifs is 5. The lowest BCUT2D eigenvalue weighted by Crippen LogP contribution is -2.60. The molecule has 6 bridgehead atoms. The van der Waals surface area contributed by atoms with Crippen LogP contribution in [0.1, 0.15) is 82.8 Å². The molecule has 14 heteroatoms. The van der Waals surface area contributed by atoms with Crippen molar-refractivity contribution in [3.05, 3.63) is 53.3 Å². The summed E-state index contributed by atoms with van der Waals surface area (Å²) in [5, 5.41) is 6.07. The van der Waals surface area contributed by atoms with Crippen LogP contribution in [0.5, 0.6) is 0 Å². The number of methoxy groups -OCH3 is 2. The summed E-state index contributed by atoms with van der Waals surface area (Å²) in [6.07, 6.45) is 2.46. The average molecular weight is 749 g/mol. The minimum atomic E-state index is -0.969. The zero-order valence-electron chi connectivity index (χ0n) is 31.8. The number of hydrogen-bond donors (Lipinski definition) is 2. The fourth-order valence-corrected chi connectivity index (χ4v) is 8.35. The number of rotatable bonds is 8. The number of carbonyl (C=O) groups is 3. The fourth-order valence-electron chi connectivity index (χ4n) is 7.24. The van der Waals surface area contributed by atoms with Crippen LogP contribution in [-0.2, 0) is 41.5 Å². The van der Waals surface area contributed by atoms with Crippen molar-refractivity contribution in [3.8, 4) is 11.3 Å². The standard InChI is InChI=1S/C39H52N6O7S/c1-8-44-32-14-13-25-17-27(32)28(35(44)26-11-9-15-40-34(26)24(3)50-7)19-39(4,5)22-52-37(47)29-12-10-16-45(43-29)36(46)30(18-33-41-31(25)21-53-33)42-38(48)51-20-23(2)49-6/h9,11,13-15,17,23-24,29-31,43H,8,10,12,16,18-22H2,1-7H3,(H,42,48)/t23-,24-,29-,30-,31?/m0/s1. The van der Waals surface area contributed by atoms with Crippen molar-refractivity contribution < 1.29 is 33.3 Å². The second-order valence-corrected chi connectivity index (χ2v) is 15.9. The van der Waals surface area contributed by atoms with Gasteiger partial charge in [0.15, 0.2) is 0 Å². The highest BCUT2D eigenvalue weighted by Gasteiger charge is 2.37. The van der Waals surface area contributed by atoms with Gasteiger partial charge >= 0.3 is 12.1 Å². The molecule has 0 spiro atoms. The van der Waals surface area contributed by atoms with E-state index >= 15 is 0 Å². The monoisotopic (exact) mass is 748 g/mol. The SMILES string of the molecule is CCn1c(-c2cccnc2[C@H](C)OC)c2c3cc(ccc31)C1CSC(=N1)C[C@H](NC(=O)OC[C@H](C)OC)C(=O)N1CCC[C@H](N1)C(=O)OCC(C)(C)C2. The molecule has 0 aliphatic carbocycles. The van der Waals surface area contributed by atoms with Gasteiger partial charge in [0.25, 0.3) is 5.91 Å². The predicted octanol–water partition coefficient (Wildman–Crippen LogP) is 5.76. The number of nitrogens with zero attached hydrogens (tertiary/aromatic N) is 4. The third-order valence-corrected chi connectivity index (χ3v) is 11.3. The average Bonchev–Trinajstić information content (AvgIpc) is 3.76. The Hall–Kier alpha value is -3.98. The Morgan fingerprint density at radius 3 is 2.75 bits per heavy atom. The van der Waals surface area contributed by atoms with Gasteiger partial charge in [0, 0.05) is 67.6 Å². The van der Waals surface area contributed by atoms with E-state index in [2.05, 4.69) is 60.3 Å². The summed E-state index contributed by atoms with van der Waals surface area (Å²) in [6.45, 7) is 11.5. The van der Waals surface area contributed by atoms with Crippen LogP contribution < -0.4 is 10.7 Å². The quantitative estimate of drug-likeness (QED) is 0.273. The topological polar surface area (TPSA) is 146 Å². The van der Waals surface area contributed by atoms with Gasteiger partial charge in [-0.3, -0.25) is 24.6 Å². The third kappa shape index (κ3) is 8.56. The van der Waals surface area contributed by atoms with Crippen molar-refractivity contribution in [2.24, 2.45) is 10.4 Å². The Morgan fingerprint density at radius 2 is 2.00 bits per heavy atom. The maximum absolute atomic E-state index is 14.0. The Labute approximate surface area is 315 Å². The van der Waals surface area contributed by atoms with Crippen LogP contribution in [0.3, 0.4) is 0 Å². The molecule has 2 amide bonds. The van der Waals surface area contributed by atoms with Gasteiger partial charge in [-0.2, -0.15) is 0 Å². The smallest absolute Gasteiger partial charge is 0.407 e. The van der Waals surface area contributed by atoms with E-state index in [1.54, 1.807) is 32.0 Å². The molecule has 3 aliphatic heterocycles. The van der Waals surface area contributed by atoms with Crippen LogP contribution in [0.15, 0.2) is 41.5 Å². The number of esters is 1. The normalized spacial score (nSPS) is 23.2. The van der Waals surface area contributed by atoms with Crippen LogP contribution in [0, 0.1) is 5.41 Å². The highest BCUT2D eigenvalue weighted by molar-refractivity contribution is 8.14. The minimum Gasteiger partial charge on any atom is -0.464 e. The lowest BCUT2D eigenvalue weighted by Gasteiger charge is -2.35. The van der Waals surface area contributed by atoms with Crippen molar-refractivity contribution >= 4 is 45.7 Å². The maximum Gasteiger partial charge on any atom is 0.407 e. The number of pyridine rings is 1. The van der Waals surface area contributed by atoms with Gasteiger partial charge < -0.3 is 28.8 Å². The van der Waals surface area contributed by atoms with E-state index in [0.717, 1.165) is 50.6 Å². The molecular weight excluding hydrogens is 697 g/mol. The van der Waals surface area contributed by atoms with E-state index in [1.807, 2.05) is 13.0 Å². The van der Waals surface area contributed by atoms with Gasteiger partial charge in [-0.1, -0.05) is 19.9 Å². The van der Waals surface area contributed by atoms with E-state index in [1.165, 1.54) is 12.1 Å². The number of aromatic nitrogens is 2. The Balaban J connectivity index is 1.44. The number of benzene rings is 1. The molecule has 5 heterocycles. The molecule has 1 saturated heterocycles. The lowest BCUT2D eigenvalue weighted by molar-refractivity contribution is -0.155. The van der Waals surface area contributed by atoms with Gasteiger partial charge in [0.2, 0.25) is 0 Å². The van der Waals surface area contributed by atoms with Crippen molar-refractivity contribution in [2.45, 2.75) is 97.2 Å². The number of alkyl carbamates (subject to hydrolysis) is 1. The van der Waals surface area contributed by atoms with E-state index < -0.39 is 29.6 Å². The molecule has 6 rings (SSSR count). The van der Waals surface area contributed by atoms with E-state index in [4.69, 9.17) is 28.9 Å². The summed E-state index contributed by atoms with van der Waals surface area (Å²) < 4.78 is 24.7. The zero-order chi connectivity index (χ0) is 37.9. The first-order valence-electron chi connectivity index (χ1n) is 18.5. The zero-order valence-corrected chi connectivity index (χ0v) is 32.6. The summed E-state index contributed by atoms with van der Waals surface area (Å²) in [5.74, 6) is -0.0938. The molecule has 286 valence electrons. The minimum absolute atomic E-state index is 0.0344.